The van der Waals surface area contributed by atoms with Gasteiger partial charge in [-0.25, -0.2) is 0 Å². The van der Waals surface area contributed by atoms with Crippen LogP contribution < -0.4 is 5.73 Å². The Kier molecular flexibility index (Phi) is 6.02. The van der Waals surface area contributed by atoms with E-state index < -0.39 is 0 Å². The molecule has 0 amide bonds. The first kappa shape index (κ1) is 11.7. The van der Waals surface area contributed by atoms with Crippen molar-refractivity contribution in [1.29, 1.82) is 0 Å². The molecule has 4 heteroatoms. The van der Waals surface area contributed by atoms with Crippen LogP contribution in [-0.2, 0) is 4.79 Å². The Balaban J connectivity index is 3.93. The Morgan fingerprint density at radius 2 is 2.25 bits per heavy atom. The first-order valence-electron chi connectivity index (χ1n) is 4.25. The third-order valence-corrected chi connectivity index (χ3v) is 1.81. The SMILES string of the molecule is [B]CC(C)N(CCN)CC(C)=O. The predicted molar refractivity (Wildman–Crippen MR) is 51.3 cm³/mol. The van der Waals surface area contributed by atoms with Crippen molar-refractivity contribution in [1.82, 2.24) is 4.90 Å². The molecule has 0 rings (SSSR count). The number of ketones is 1. The molecule has 0 heterocycles. The maximum absolute atomic E-state index is 10.8. The maximum atomic E-state index is 10.8. The third kappa shape index (κ3) is 4.52. The number of Topliss-reactive ketones (excluding diaryl/α,β-unsaturated/α-hetero) is 1. The second-order valence-corrected chi connectivity index (χ2v) is 3.05. The van der Waals surface area contributed by atoms with Gasteiger partial charge in [0.1, 0.15) is 5.78 Å². The van der Waals surface area contributed by atoms with Gasteiger partial charge in [-0.2, -0.15) is 0 Å². The Labute approximate surface area is 75.7 Å². The molecule has 0 aromatic rings. The number of rotatable bonds is 6. The normalized spacial score (nSPS) is 13.3. The summed E-state index contributed by atoms with van der Waals surface area (Å²) in [5, 5.41) is 0. The average molecular weight is 168 g/mol. The summed E-state index contributed by atoms with van der Waals surface area (Å²) >= 11 is 0. The summed E-state index contributed by atoms with van der Waals surface area (Å²) in [4.78, 5) is 12.8. The molecular formula is C8H17BN2O. The van der Waals surface area contributed by atoms with Crippen molar-refractivity contribution in [2.24, 2.45) is 5.73 Å². The fourth-order valence-electron chi connectivity index (χ4n) is 1.06. The molecule has 12 heavy (non-hydrogen) atoms. The highest BCUT2D eigenvalue weighted by molar-refractivity contribution is 6.08. The number of carbonyl (C=O) groups is 1. The highest BCUT2D eigenvalue weighted by Crippen LogP contribution is 2.01. The lowest BCUT2D eigenvalue weighted by molar-refractivity contribution is -0.118. The van der Waals surface area contributed by atoms with Gasteiger partial charge in [0, 0.05) is 13.1 Å². The lowest BCUT2D eigenvalue weighted by atomic mass is 9.97. The molecule has 0 aliphatic carbocycles. The van der Waals surface area contributed by atoms with Crippen molar-refractivity contribution in [2.75, 3.05) is 19.6 Å². The summed E-state index contributed by atoms with van der Waals surface area (Å²) in [5.74, 6) is 0.156. The van der Waals surface area contributed by atoms with E-state index in [-0.39, 0.29) is 11.8 Å². The van der Waals surface area contributed by atoms with E-state index in [0.717, 1.165) is 6.54 Å². The van der Waals surface area contributed by atoms with Crippen LogP contribution >= 0.6 is 0 Å². The standard InChI is InChI=1S/C8H17BN2O/c1-7(5-9)11(4-3-10)6-8(2)12/h7H,3-6,10H2,1-2H3. The van der Waals surface area contributed by atoms with Crippen molar-refractivity contribution < 1.29 is 4.79 Å². The van der Waals surface area contributed by atoms with Gasteiger partial charge in [0.25, 0.3) is 0 Å². The van der Waals surface area contributed by atoms with E-state index in [0.29, 0.717) is 19.4 Å². The molecule has 1 unspecified atom stereocenters. The first-order chi connectivity index (χ1) is 5.61. The van der Waals surface area contributed by atoms with Crippen LogP contribution in [0.1, 0.15) is 13.8 Å². The zero-order valence-electron chi connectivity index (χ0n) is 7.92. The van der Waals surface area contributed by atoms with Crippen LogP contribution in [0.4, 0.5) is 0 Å². The van der Waals surface area contributed by atoms with Gasteiger partial charge < -0.3 is 5.73 Å². The Morgan fingerprint density at radius 3 is 2.58 bits per heavy atom. The van der Waals surface area contributed by atoms with Crippen LogP contribution in [0.5, 0.6) is 0 Å². The van der Waals surface area contributed by atoms with Crippen LogP contribution in [0.3, 0.4) is 0 Å². The third-order valence-electron chi connectivity index (χ3n) is 1.81. The summed E-state index contributed by atoms with van der Waals surface area (Å²) < 4.78 is 0. The van der Waals surface area contributed by atoms with E-state index in [9.17, 15) is 4.79 Å². The number of hydrogen-bond acceptors (Lipinski definition) is 3. The molecule has 3 nitrogen and oxygen atoms in total. The predicted octanol–water partition coefficient (Wildman–Crippen LogP) is -0.189. The quantitative estimate of drug-likeness (QED) is 0.559. The fraction of sp³-hybridized carbons (Fsp3) is 0.875. The summed E-state index contributed by atoms with van der Waals surface area (Å²) in [6.07, 6.45) is 0.563. The summed E-state index contributed by atoms with van der Waals surface area (Å²) in [6.45, 7) is 5.33. The number of carbonyl (C=O) groups excluding carboxylic acids is 1. The van der Waals surface area contributed by atoms with Crippen LogP contribution in [0.25, 0.3) is 0 Å². The molecule has 1 atom stereocenters. The second-order valence-electron chi connectivity index (χ2n) is 3.05. The van der Waals surface area contributed by atoms with Crippen molar-refractivity contribution in [3.8, 4) is 0 Å². The summed E-state index contributed by atoms with van der Waals surface area (Å²) in [6, 6.07) is 0.234. The molecule has 2 N–H and O–H groups in total. The van der Waals surface area contributed by atoms with E-state index in [1.165, 1.54) is 0 Å². The number of nitrogens with two attached hydrogens (primary N) is 1. The first-order valence-corrected chi connectivity index (χ1v) is 4.25. The summed E-state index contributed by atoms with van der Waals surface area (Å²) in [7, 11) is 5.49. The van der Waals surface area contributed by atoms with Crippen LogP contribution in [-0.4, -0.2) is 44.2 Å². The average Bonchev–Trinajstić information content (AvgIpc) is 2.01. The van der Waals surface area contributed by atoms with Crippen molar-refractivity contribution in [2.45, 2.75) is 26.2 Å². The Bertz CT molecular complexity index is 141. The zero-order chi connectivity index (χ0) is 9.56. The molecule has 68 valence electrons. The highest BCUT2D eigenvalue weighted by Gasteiger charge is 2.11. The minimum atomic E-state index is 0.156. The Morgan fingerprint density at radius 1 is 1.67 bits per heavy atom. The minimum Gasteiger partial charge on any atom is -0.329 e. The molecule has 0 saturated carbocycles. The summed E-state index contributed by atoms with van der Waals surface area (Å²) in [5.41, 5.74) is 5.40. The molecule has 0 spiro atoms. The maximum Gasteiger partial charge on any atom is 0.143 e. The van der Waals surface area contributed by atoms with E-state index >= 15 is 0 Å². The van der Waals surface area contributed by atoms with E-state index in [1.807, 2.05) is 11.8 Å². The van der Waals surface area contributed by atoms with E-state index in [2.05, 4.69) is 0 Å². The molecule has 0 aliphatic heterocycles. The van der Waals surface area contributed by atoms with Gasteiger partial charge in [-0.3, -0.25) is 9.69 Å². The fourth-order valence-corrected chi connectivity index (χ4v) is 1.06. The largest absolute Gasteiger partial charge is 0.329 e. The zero-order valence-corrected chi connectivity index (χ0v) is 7.92. The van der Waals surface area contributed by atoms with E-state index in [4.69, 9.17) is 13.6 Å². The topological polar surface area (TPSA) is 46.3 Å². The van der Waals surface area contributed by atoms with Gasteiger partial charge >= 0.3 is 0 Å². The van der Waals surface area contributed by atoms with E-state index in [1.54, 1.807) is 6.92 Å². The van der Waals surface area contributed by atoms with Crippen LogP contribution in [0.2, 0.25) is 6.32 Å². The molecule has 0 saturated heterocycles. The molecule has 0 bridgehead atoms. The number of hydrogen-bond donors (Lipinski definition) is 1. The van der Waals surface area contributed by atoms with Gasteiger partial charge in [0.15, 0.2) is 0 Å². The second kappa shape index (κ2) is 6.20. The molecule has 0 aliphatic rings. The lowest BCUT2D eigenvalue weighted by Crippen LogP contribution is -2.39. The molecular weight excluding hydrogens is 151 g/mol. The van der Waals surface area contributed by atoms with Gasteiger partial charge in [-0.05, 0) is 13.0 Å². The molecule has 2 radical (unpaired) electrons. The Hall–Kier alpha value is -0.345. The minimum absolute atomic E-state index is 0.156. The molecule has 0 aromatic heterocycles. The number of nitrogens with zero attached hydrogens (tertiary/aromatic N) is 1. The van der Waals surface area contributed by atoms with Crippen molar-refractivity contribution in [3.05, 3.63) is 0 Å². The van der Waals surface area contributed by atoms with Gasteiger partial charge in [0.05, 0.1) is 14.4 Å². The van der Waals surface area contributed by atoms with Gasteiger partial charge in [0.2, 0.25) is 0 Å². The molecule has 0 aromatic carbocycles. The smallest absolute Gasteiger partial charge is 0.143 e. The van der Waals surface area contributed by atoms with Crippen molar-refractivity contribution >= 4 is 13.6 Å². The monoisotopic (exact) mass is 168 g/mol. The lowest BCUT2D eigenvalue weighted by Gasteiger charge is -2.26. The van der Waals surface area contributed by atoms with Crippen LogP contribution in [0.15, 0.2) is 0 Å². The van der Waals surface area contributed by atoms with Crippen molar-refractivity contribution in [3.63, 3.8) is 0 Å². The highest BCUT2D eigenvalue weighted by atomic mass is 16.1. The van der Waals surface area contributed by atoms with Gasteiger partial charge in [-0.1, -0.05) is 13.2 Å². The van der Waals surface area contributed by atoms with Gasteiger partial charge in [-0.15, -0.1) is 0 Å². The van der Waals surface area contributed by atoms with Crippen LogP contribution in [0, 0.1) is 0 Å². The molecule has 0 fully saturated rings.